The van der Waals surface area contributed by atoms with Gasteiger partial charge in [0.2, 0.25) is 0 Å². The summed E-state index contributed by atoms with van der Waals surface area (Å²) in [5.74, 6) is 0.515. The molecule has 0 fully saturated rings. The van der Waals surface area contributed by atoms with Crippen molar-refractivity contribution in [3.63, 3.8) is 0 Å². The number of rotatable bonds is 6. The maximum Gasteiger partial charge on any atom is 0.320 e. The van der Waals surface area contributed by atoms with E-state index in [1.165, 1.54) is 0 Å². The first-order valence-corrected chi connectivity index (χ1v) is 7.33. The molecule has 0 spiro atoms. The minimum absolute atomic E-state index is 0.285. The number of nitrogens with one attached hydrogen (secondary N) is 2. The number of carbonyl (C=O) groups excluding carboxylic acids is 1. The number of pyridine rings is 1. The Balaban J connectivity index is 1.86. The van der Waals surface area contributed by atoms with Gasteiger partial charge >= 0.3 is 6.03 Å². The van der Waals surface area contributed by atoms with Gasteiger partial charge in [-0.15, -0.1) is 0 Å². The molecule has 0 aliphatic heterocycles. The zero-order chi connectivity index (χ0) is 16.7. The van der Waals surface area contributed by atoms with Gasteiger partial charge < -0.3 is 15.0 Å². The Morgan fingerprint density at radius 1 is 1.22 bits per heavy atom. The van der Waals surface area contributed by atoms with Gasteiger partial charge in [-0.05, 0) is 23.3 Å². The third-order valence-corrected chi connectivity index (χ3v) is 3.26. The quantitative estimate of drug-likeness (QED) is 0.860. The Labute approximate surface area is 136 Å². The fourth-order valence-corrected chi connectivity index (χ4v) is 2.06. The van der Waals surface area contributed by atoms with Crippen LogP contribution in [-0.4, -0.2) is 32.2 Å². The van der Waals surface area contributed by atoms with Crippen molar-refractivity contribution in [2.24, 2.45) is 0 Å². The number of anilines is 2. The van der Waals surface area contributed by atoms with Crippen molar-refractivity contribution in [1.29, 1.82) is 0 Å². The lowest BCUT2D eigenvalue weighted by Gasteiger charge is -2.12. The monoisotopic (exact) mass is 314 g/mol. The second-order valence-corrected chi connectivity index (χ2v) is 5.36. The molecule has 0 radical (unpaired) electrons. The summed E-state index contributed by atoms with van der Waals surface area (Å²) in [6.45, 7) is 1.00. The highest BCUT2D eigenvalue weighted by Gasteiger charge is 2.04. The second-order valence-electron chi connectivity index (χ2n) is 5.36. The van der Waals surface area contributed by atoms with Gasteiger partial charge in [-0.1, -0.05) is 24.3 Å². The molecular weight excluding hydrogens is 292 g/mol. The number of ether oxygens (including phenoxy) is 1. The van der Waals surface area contributed by atoms with Crippen LogP contribution >= 0.6 is 0 Å². The molecule has 0 unspecified atom stereocenters. The largest absolute Gasteiger partial charge is 0.380 e. The number of hydrogen-bond acceptors (Lipinski definition) is 4. The van der Waals surface area contributed by atoms with Crippen molar-refractivity contribution < 1.29 is 9.53 Å². The van der Waals surface area contributed by atoms with E-state index in [1.54, 1.807) is 19.4 Å². The molecule has 2 rings (SSSR count). The number of aromatic nitrogens is 1. The number of amides is 2. The summed E-state index contributed by atoms with van der Waals surface area (Å²) in [6, 6.07) is 11.3. The number of nitrogens with zero attached hydrogens (tertiary/aromatic N) is 2. The van der Waals surface area contributed by atoms with Crippen molar-refractivity contribution in [2.75, 3.05) is 31.4 Å². The van der Waals surface area contributed by atoms with E-state index >= 15 is 0 Å². The van der Waals surface area contributed by atoms with Crippen LogP contribution in [-0.2, 0) is 17.9 Å². The van der Waals surface area contributed by atoms with Crippen LogP contribution in [0.5, 0.6) is 0 Å². The van der Waals surface area contributed by atoms with E-state index in [2.05, 4.69) is 15.6 Å². The Morgan fingerprint density at radius 2 is 2.00 bits per heavy atom. The SMILES string of the molecule is COCc1cccc(CNC(=O)Nc2ccc(N(C)C)cn2)c1. The van der Waals surface area contributed by atoms with Crippen LogP contribution in [0.4, 0.5) is 16.3 Å². The molecule has 0 saturated heterocycles. The van der Waals surface area contributed by atoms with Crippen molar-refractivity contribution in [2.45, 2.75) is 13.2 Å². The maximum atomic E-state index is 11.9. The Kier molecular flexibility index (Phi) is 5.94. The van der Waals surface area contributed by atoms with E-state index in [9.17, 15) is 4.79 Å². The van der Waals surface area contributed by atoms with Crippen LogP contribution in [0, 0.1) is 0 Å². The predicted octanol–water partition coefficient (Wildman–Crippen LogP) is 2.62. The zero-order valence-corrected chi connectivity index (χ0v) is 13.7. The third-order valence-electron chi connectivity index (χ3n) is 3.26. The van der Waals surface area contributed by atoms with Gasteiger partial charge in [0.1, 0.15) is 5.82 Å². The average molecular weight is 314 g/mol. The maximum absolute atomic E-state index is 11.9. The van der Waals surface area contributed by atoms with Gasteiger partial charge in [0.25, 0.3) is 0 Å². The Morgan fingerprint density at radius 3 is 2.65 bits per heavy atom. The van der Waals surface area contributed by atoms with Crippen LogP contribution in [0.15, 0.2) is 42.6 Å². The molecule has 0 aliphatic carbocycles. The van der Waals surface area contributed by atoms with E-state index in [0.717, 1.165) is 16.8 Å². The summed E-state index contributed by atoms with van der Waals surface area (Å²) >= 11 is 0. The van der Waals surface area contributed by atoms with Crippen LogP contribution in [0.3, 0.4) is 0 Å². The van der Waals surface area contributed by atoms with Gasteiger partial charge in [-0.25, -0.2) is 9.78 Å². The summed E-state index contributed by atoms with van der Waals surface area (Å²) < 4.78 is 5.10. The van der Waals surface area contributed by atoms with E-state index in [0.29, 0.717) is 19.0 Å². The number of carbonyl (C=O) groups is 1. The minimum atomic E-state index is -0.285. The van der Waals surface area contributed by atoms with Crippen molar-refractivity contribution in [3.05, 3.63) is 53.7 Å². The lowest BCUT2D eigenvalue weighted by Crippen LogP contribution is -2.28. The molecule has 2 aromatic rings. The Hall–Kier alpha value is -2.60. The van der Waals surface area contributed by atoms with Gasteiger partial charge in [-0.2, -0.15) is 0 Å². The average Bonchev–Trinajstić information content (AvgIpc) is 2.54. The molecule has 23 heavy (non-hydrogen) atoms. The van der Waals surface area contributed by atoms with Crippen LogP contribution in [0.1, 0.15) is 11.1 Å². The molecule has 122 valence electrons. The normalized spacial score (nSPS) is 10.2. The van der Waals surface area contributed by atoms with E-state index < -0.39 is 0 Å². The molecule has 6 heteroatoms. The first-order valence-electron chi connectivity index (χ1n) is 7.33. The third kappa shape index (κ3) is 5.27. The molecule has 2 N–H and O–H groups in total. The topological polar surface area (TPSA) is 66.5 Å². The van der Waals surface area contributed by atoms with Gasteiger partial charge in [0.15, 0.2) is 0 Å². The number of methoxy groups -OCH3 is 1. The van der Waals surface area contributed by atoms with Crippen molar-refractivity contribution >= 4 is 17.5 Å². The van der Waals surface area contributed by atoms with Crippen LogP contribution in [0.2, 0.25) is 0 Å². The van der Waals surface area contributed by atoms with Crippen molar-refractivity contribution in [3.8, 4) is 0 Å². The van der Waals surface area contributed by atoms with Gasteiger partial charge in [-0.3, -0.25) is 5.32 Å². The summed E-state index contributed by atoms with van der Waals surface area (Å²) in [5.41, 5.74) is 3.07. The molecule has 1 heterocycles. The molecule has 0 bridgehead atoms. The summed E-state index contributed by atoms with van der Waals surface area (Å²) in [7, 11) is 5.54. The zero-order valence-electron chi connectivity index (χ0n) is 13.7. The first-order chi connectivity index (χ1) is 11.1. The van der Waals surface area contributed by atoms with Crippen LogP contribution < -0.4 is 15.5 Å². The molecule has 0 atom stereocenters. The molecule has 6 nitrogen and oxygen atoms in total. The predicted molar refractivity (Wildman–Crippen MR) is 91.6 cm³/mol. The first kappa shape index (κ1) is 16.8. The highest BCUT2D eigenvalue weighted by atomic mass is 16.5. The molecule has 1 aromatic heterocycles. The molecule has 1 aromatic carbocycles. The highest BCUT2D eigenvalue weighted by molar-refractivity contribution is 5.88. The molecule has 0 saturated carbocycles. The number of hydrogen-bond donors (Lipinski definition) is 2. The lowest BCUT2D eigenvalue weighted by atomic mass is 10.1. The van der Waals surface area contributed by atoms with E-state index in [-0.39, 0.29) is 6.03 Å². The highest BCUT2D eigenvalue weighted by Crippen LogP contribution is 2.12. The van der Waals surface area contributed by atoms with Crippen molar-refractivity contribution in [1.82, 2.24) is 10.3 Å². The molecular formula is C17H22N4O2. The standard InChI is InChI=1S/C17H22N4O2/c1-21(2)15-7-8-16(18-11-15)20-17(22)19-10-13-5-4-6-14(9-13)12-23-3/h4-9,11H,10,12H2,1-3H3,(H2,18,19,20,22). The molecule has 2 amide bonds. The van der Waals surface area contributed by atoms with E-state index in [1.807, 2.05) is 49.3 Å². The van der Waals surface area contributed by atoms with E-state index in [4.69, 9.17) is 4.74 Å². The smallest absolute Gasteiger partial charge is 0.320 e. The molecule has 0 aliphatic rings. The van der Waals surface area contributed by atoms with Crippen LogP contribution in [0.25, 0.3) is 0 Å². The lowest BCUT2D eigenvalue weighted by molar-refractivity contribution is 0.185. The fraction of sp³-hybridized carbons (Fsp3) is 0.294. The summed E-state index contributed by atoms with van der Waals surface area (Å²) in [4.78, 5) is 18.1. The minimum Gasteiger partial charge on any atom is -0.380 e. The van der Waals surface area contributed by atoms with Gasteiger partial charge in [0.05, 0.1) is 18.5 Å². The number of benzene rings is 1. The van der Waals surface area contributed by atoms with Gasteiger partial charge in [0, 0.05) is 27.7 Å². The Bertz CT molecular complexity index is 641. The fourth-order valence-electron chi connectivity index (χ4n) is 2.06. The summed E-state index contributed by atoms with van der Waals surface area (Å²) in [5, 5.41) is 5.53. The number of urea groups is 1. The summed E-state index contributed by atoms with van der Waals surface area (Å²) in [6.07, 6.45) is 1.71. The second kappa shape index (κ2) is 8.14.